The van der Waals surface area contributed by atoms with Crippen molar-refractivity contribution in [2.75, 3.05) is 51.7 Å². The molecule has 2 N–H and O–H groups in total. The molecule has 6 heteroatoms. The largest absolute Gasteiger partial charge is 0.317 e. The number of piperazine rings is 1. The van der Waals surface area contributed by atoms with E-state index in [1.165, 1.54) is 32.4 Å². The molecule has 2 heterocycles. The van der Waals surface area contributed by atoms with Gasteiger partial charge in [-0.1, -0.05) is 13.8 Å². The van der Waals surface area contributed by atoms with E-state index in [9.17, 15) is 0 Å². The summed E-state index contributed by atoms with van der Waals surface area (Å²) in [5.41, 5.74) is 0. The number of halogens is 1. The maximum absolute atomic E-state index is 8.31. The molecule has 0 amide bonds. The fourth-order valence-corrected chi connectivity index (χ4v) is 1.77. The number of hydrogen-bond donors (Lipinski definition) is 2. The number of nitrogens with zero attached hydrogens (tertiary/aromatic N) is 3. The van der Waals surface area contributed by atoms with E-state index < -0.39 is 0 Å². The highest BCUT2D eigenvalue weighted by Gasteiger charge is 2.06. The molecule has 2 saturated heterocycles. The first-order valence-corrected chi connectivity index (χ1v) is 7.32. The van der Waals surface area contributed by atoms with E-state index in [1.807, 2.05) is 0 Å². The SMILES string of the molecule is C.C1CCNCC1.N#CCCl.N#CCN1CCNCC1. The van der Waals surface area contributed by atoms with Gasteiger partial charge in [-0.3, -0.25) is 4.90 Å². The van der Waals surface area contributed by atoms with E-state index in [0.717, 1.165) is 26.2 Å². The van der Waals surface area contributed by atoms with Crippen LogP contribution in [0.3, 0.4) is 0 Å². The molecular formula is C14H28ClN5. The standard InChI is InChI=1S/C6H11N3.C5H11N.C2H2ClN.CH4/c7-1-4-9-5-2-8-3-6-9;1-2-4-6-5-3-1;3-1-2-4;/h8H,2-6H2;6H,1-5H2;1H2;1H4. The number of piperidine rings is 1. The molecule has 0 aromatic heterocycles. The van der Waals surface area contributed by atoms with Gasteiger partial charge in [-0.15, -0.1) is 11.6 Å². The van der Waals surface area contributed by atoms with Crippen molar-refractivity contribution < 1.29 is 0 Å². The van der Waals surface area contributed by atoms with E-state index in [0.29, 0.717) is 6.54 Å². The van der Waals surface area contributed by atoms with Crippen molar-refractivity contribution in [3.63, 3.8) is 0 Å². The first-order chi connectivity index (χ1) is 9.35. The average molecular weight is 302 g/mol. The predicted molar refractivity (Wildman–Crippen MR) is 84.7 cm³/mol. The smallest absolute Gasteiger partial charge is 0.109 e. The van der Waals surface area contributed by atoms with Crippen LogP contribution < -0.4 is 10.6 Å². The van der Waals surface area contributed by atoms with Crippen molar-refractivity contribution in [1.82, 2.24) is 15.5 Å². The van der Waals surface area contributed by atoms with Gasteiger partial charge in [0.05, 0.1) is 18.7 Å². The lowest BCUT2D eigenvalue weighted by atomic mass is 10.2. The highest BCUT2D eigenvalue weighted by molar-refractivity contribution is 6.19. The summed E-state index contributed by atoms with van der Waals surface area (Å²) in [5.74, 6) is 0.0972. The molecular weight excluding hydrogens is 274 g/mol. The fraction of sp³-hybridized carbons (Fsp3) is 0.857. The Labute approximate surface area is 128 Å². The Hall–Kier alpha value is -0.850. The molecule has 0 aromatic rings. The molecule has 0 aliphatic carbocycles. The molecule has 0 unspecified atom stereocenters. The van der Waals surface area contributed by atoms with Gasteiger partial charge in [0.2, 0.25) is 0 Å². The third-order valence-corrected chi connectivity index (χ3v) is 2.89. The van der Waals surface area contributed by atoms with Crippen molar-refractivity contribution in [3.8, 4) is 12.1 Å². The minimum absolute atomic E-state index is 0. The van der Waals surface area contributed by atoms with Gasteiger partial charge in [-0.25, -0.2) is 0 Å². The molecule has 20 heavy (non-hydrogen) atoms. The zero-order chi connectivity index (χ0) is 14.2. The van der Waals surface area contributed by atoms with Crippen LogP contribution in [0.25, 0.3) is 0 Å². The zero-order valence-corrected chi connectivity index (χ0v) is 12.3. The number of nitrogens with one attached hydrogen (secondary N) is 2. The molecule has 2 fully saturated rings. The molecule has 0 atom stereocenters. The summed E-state index contributed by atoms with van der Waals surface area (Å²) >= 11 is 4.82. The topological polar surface area (TPSA) is 74.9 Å². The van der Waals surface area contributed by atoms with Crippen LogP contribution in [0, 0.1) is 22.7 Å². The third-order valence-electron chi connectivity index (χ3n) is 2.77. The predicted octanol–water partition coefficient (Wildman–Crippen LogP) is 1.56. The Morgan fingerprint density at radius 1 is 0.900 bits per heavy atom. The highest BCUT2D eigenvalue weighted by atomic mass is 35.5. The van der Waals surface area contributed by atoms with E-state index in [-0.39, 0.29) is 13.3 Å². The monoisotopic (exact) mass is 301 g/mol. The van der Waals surface area contributed by atoms with Gasteiger partial charge in [0.1, 0.15) is 5.88 Å². The lowest BCUT2D eigenvalue weighted by molar-refractivity contribution is 0.267. The van der Waals surface area contributed by atoms with Gasteiger partial charge in [0.15, 0.2) is 0 Å². The number of nitriles is 2. The molecule has 2 aliphatic rings. The van der Waals surface area contributed by atoms with Gasteiger partial charge in [0.25, 0.3) is 0 Å². The van der Waals surface area contributed by atoms with Crippen molar-refractivity contribution in [1.29, 1.82) is 10.5 Å². The van der Waals surface area contributed by atoms with Crippen LogP contribution in [0.2, 0.25) is 0 Å². The Kier molecular flexibility index (Phi) is 19.5. The number of alkyl halides is 1. The third kappa shape index (κ3) is 15.2. The lowest BCUT2D eigenvalue weighted by Crippen LogP contribution is -2.43. The van der Waals surface area contributed by atoms with Crippen LogP contribution in [-0.4, -0.2) is 56.6 Å². The highest BCUT2D eigenvalue weighted by Crippen LogP contribution is 1.96. The minimum Gasteiger partial charge on any atom is -0.317 e. The van der Waals surface area contributed by atoms with E-state index >= 15 is 0 Å². The summed E-state index contributed by atoms with van der Waals surface area (Å²) < 4.78 is 0. The summed E-state index contributed by atoms with van der Waals surface area (Å²) in [4.78, 5) is 2.15. The Morgan fingerprint density at radius 2 is 1.40 bits per heavy atom. The van der Waals surface area contributed by atoms with Crippen LogP contribution in [0.5, 0.6) is 0 Å². The van der Waals surface area contributed by atoms with Crippen molar-refractivity contribution in [2.24, 2.45) is 0 Å². The van der Waals surface area contributed by atoms with E-state index in [4.69, 9.17) is 22.1 Å². The second-order valence-electron chi connectivity index (χ2n) is 4.29. The normalized spacial score (nSPS) is 17.8. The quantitative estimate of drug-likeness (QED) is 0.568. The van der Waals surface area contributed by atoms with E-state index in [2.05, 4.69) is 21.6 Å². The maximum Gasteiger partial charge on any atom is 0.109 e. The molecule has 2 rings (SSSR count). The first-order valence-electron chi connectivity index (χ1n) is 6.78. The molecule has 0 radical (unpaired) electrons. The summed E-state index contributed by atoms with van der Waals surface area (Å²) in [6.45, 7) is 7.19. The summed E-state index contributed by atoms with van der Waals surface area (Å²) in [7, 11) is 0. The van der Waals surface area contributed by atoms with Crippen LogP contribution in [0.4, 0.5) is 0 Å². The zero-order valence-electron chi connectivity index (χ0n) is 11.5. The molecule has 2 aliphatic heterocycles. The summed E-state index contributed by atoms with van der Waals surface area (Å²) in [5, 5.41) is 22.3. The second kappa shape index (κ2) is 18.1. The number of hydrogen-bond acceptors (Lipinski definition) is 5. The molecule has 116 valence electrons. The fourth-order valence-electron chi connectivity index (χ4n) is 1.77. The lowest BCUT2D eigenvalue weighted by Gasteiger charge is -2.24. The average Bonchev–Trinajstić information content (AvgIpc) is 2.51. The number of rotatable bonds is 1. The maximum atomic E-state index is 8.31. The Morgan fingerprint density at radius 3 is 1.70 bits per heavy atom. The second-order valence-corrected chi connectivity index (χ2v) is 4.55. The molecule has 0 spiro atoms. The van der Waals surface area contributed by atoms with Gasteiger partial charge in [-0.05, 0) is 25.9 Å². The van der Waals surface area contributed by atoms with Gasteiger partial charge in [0, 0.05) is 26.2 Å². The molecule has 5 nitrogen and oxygen atoms in total. The van der Waals surface area contributed by atoms with Crippen molar-refractivity contribution in [2.45, 2.75) is 26.7 Å². The Bertz CT molecular complexity index is 250. The molecule has 0 aromatic carbocycles. The van der Waals surface area contributed by atoms with Crippen molar-refractivity contribution in [3.05, 3.63) is 0 Å². The van der Waals surface area contributed by atoms with Gasteiger partial charge in [-0.2, -0.15) is 10.5 Å². The van der Waals surface area contributed by atoms with E-state index in [1.54, 1.807) is 6.07 Å². The van der Waals surface area contributed by atoms with Crippen LogP contribution in [0.1, 0.15) is 26.7 Å². The van der Waals surface area contributed by atoms with Crippen LogP contribution >= 0.6 is 11.6 Å². The van der Waals surface area contributed by atoms with Gasteiger partial charge >= 0.3 is 0 Å². The molecule has 0 saturated carbocycles. The molecule has 0 bridgehead atoms. The first kappa shape index (κ1) is 21.4. The minimum atomic E-state index is 0. The van der Waals surface area contributed by atoms with Crippen molar-refractivity contribution >= 4 is 11.6 Å². The summed E-state index contributed by atoms with van der Waals surface area (Å²) in [6, 6.07) is 3.83. The Balaban J connectivity index is 0. The van der Waals surface area contributed by atoms with Crippen LogP contribution in [0.15, 0.2) is 0 Å². The van der Waals surface area contributed by atoms with Gasteiger partial charge < -0.3 is 10.6 Å². The summed E-state index contributed by atoms with van der Waals surface area (Å²) in [6.07, 6.45) is 4.22. The van der Waals surface area contributed by atoms with Crippen LogP contribution in [-0.2, 0) is 0 Å².